The topological polar surface area (TPSA) is 44.1 Å². The van der Waals surface area contributed by atoms with E-state index in [1.807, 2.05) is 31.2 Å². The zero-order valence-electron chi connectivity index (χ0n) is 11.2. The standard InChI is InChI=1S/C15H15BrN2O2/c1-2-18-14(12(16)8-17-18)15(19)11-7-10-5-3-4-6-13(10)20-9-11/h3-6,8,11H,2,7,9H2,1H3. The molecule has 0 saturated carbocycles. The number of aromatic nitrogens is 2. The number of benzene rings is 1. The minimum atomic E-state index is -0.150. The van der Waals surface area contributed by atoms with Crippen LogP contribution in [0.1, 0.15) is 23.0 Å². The molecule has 2 aromatic rings. The van der Waals surface area contributed by atoms with Crippen molar-refractivity contribution in [3.05, 3.63) is 46.2 Å². The zero-order valence-corrected chi connectivity index (χ0v) is 12.8. The molecule has 0 saturated heterocycles. The van der Waals surface area contributed by atoms with Gasteiger partial charge in [0.2, 0.25) is 0 Å². The second-order valence-electron chi connectivity index (χ2n) is 4.84. The fourth-order valence-electron chi connectivity index (χ4n) is 2.54. The van der Waals surface area contributed by atoms with Crippen molar-refractivity contribution in [3.8, 4) is 5.75 Å². The van der Waals surface area contributed by atoms with E-state index in [0.717, 1.165) is 22.2 Å². The van der Waals surface area contributed by atoms with Gasteiger partial charge in [0.15, 0.2) is 5.78 Å². The van der Waals surface area contributed by atoms with Crippen LogP contribution in [-0.4, -0.2) is 22.2 Å². The molecule has 1 aliphatic heterocycles. The number of carbonyl (C=O) groups is 1. The Morgan fingerprint density at radius 3 is 3.10 bits per heavy atom. The van der Waals surface area contributed by atoms with Gasteiger partial charge in [-0.2, -0.15) is 5.10 Å². The number of hydrogen-bond donors (Lipinski definition) is 0. The Kier molecular flexibility index (Phi) is 3.61. The smallest absolute Gasteiger partial charge is 0.188 e. The third-order valence-electron chi connectivity index (χ3n) is 3.58. The molecule has 1 aromatic heterocycles. The molecule has 4 nitrogen and oxygen atoms in total. The van der Waals surface area contributed by atoms with E-state index in [-0.39, 0.29) is 11.7 Å². The summed E-state index contributed by atoms with van der Waals surface area (Å²) >= 11 is 3.41. The maximum absolute atomic E-state index is 12.7. The molecular weight excluding hydrogens is 320 g/mol. The van der Waals surface area contributed by atoms with Gasteiger partial charge in [0.1, 0.15) is 11.4 Å². The van der Waals surface area contributed by atoms with E-state index < -0.39 is 0 Å². The maximum atomic E-state index is 12.7. The molecule has 0 radical (unpaired) electrons. The molecule has 0 amide bonds. The molecule has 0 spiro atoms. The number of ketones is 1. The number of ether oxygens (including phenoxy) is 1. The number of Topliss-reactive ketones (excluding diaryl/α,β-unsaturated/α-hetero) is 1. The van der Waals surface area contributed by atoms with E-state index in [2.05, 4.69) is 21.0 Å². The summed E-state index contributed by atoms with van der Waals surface area (Å²) in [6.45, 7) is 3.08. The fraction of sp³-hybridized carbons (Fsp3) is 0.333. The van der Waals surface area contributed by atoms with E-state index in [4.69, 9.17) is 4.74 Å². The molecule has 1 atom stereocenters. The molecule has 1 aliphatic rings. The lowest BCUT2D eigenvalue weighted by Crippen LogP contribution is -2.30. The normalized spacial score (nSPS) is 17.4. The van der Waals surface area contributed by atoms with Crippen LogP contribution in [-0.2, 0) is 13.0 Å². The fourth-order valence-corrected chi connectivity index (χ4v) is 3.03. The van der Waals surface area contributed by atoms with Crippen LogP contribution in [0.2, 0.25) is 0 Å². The van der Waals surface area contributed by atoms with Crippen LogP contribution in [0, 0.1) is 5.92 Å². The summed E-state index contributed by atoms with van der Waals surface area (Å²) in [5, 5.41) is 4.20. The van der Waals surface area contributed by atoms with Crippen molar-refractivity contribution >= 4 is 21.7 Å². The van der Waals surface area contributed by atoms with Gasteiger partial charge in [0.25, 0.3) is 0 Å². The highest BCUT2D eigenvalue weighted by Gasteiger charge is 2.30. The number of nitrogens with zero attached hydrogens (tertiary/aromatic N) is 2. The Morgan fingerprint density at radius 1 is 1.50 bits per heavy atom. The molecule has 2 heterocycles. The minimum absolute atomic E-state index is 0.0886. The third-order valence-corrected chi connectivity index (χ3v) is 4.16. The van der Waals surface area contributed by atoms with Gasteiger partial charge in [-0.15, -0.1) is 0 Å². The number of carbonyl (C=O) groups excluding carboxylic acids is 1. The van der Waals surface area contributed by atoms with E-state index in [1.54, 1.807) is 10.9 Å². The summed E-state index contributed by atoms with van der Waals surface area (Å²) in [4.78, 5) is 12.7. The summed E-state index contributed by atoms with van der Waals surface area (Å²) in [5.41, 5.74) is 1.73. The highest BCUT2D eigenvalue weighted by Crippen LogP contribution is 2.30. The predicted octanol–water partition coefficient (Wildman–Crippen LogP) is 3.10. The van der Waals surface area contributed by atoms with E-state index >= 15 is 0 Å². The quantitative estimate of drug-likeness (QED) is 0.810. The summed E-state index contributed by atoms with van der Waals surface area (Å²) in [6.07, 6.45) is 2.39. The first kappa shape index (κ1) is 13.4. The number of rotatable bonds is 3. The van der Waals surface area contributed by atoms with Crippen LogP contribution >= 0.6 is 15.9 Å². The Balaban J connectivity index is 1.88. The number of halogens is 1. The number of aryl methyl sites for hydroxylation is 1. The molecule has 0 fully saturated rings. The first-order valence-electron chi connectivity index (χ1n) is 6.67. The van der Waals surface area contributed by atoms with Gasteiger partial charge in [-0.3, -0.25) is 9.48 Å². The lowest BCUT2D eigenvalue weighted by molar-refractivity contribution is 0.0843. The molecule has 20 heavy (non-hydrogen) atoms. The molecule has 0 N–H and O–H groups in total. The average molecular weight is 335 g/mol. The zero-order chi connectivity index (χ0) is 14.1. The van der Waals surface area contributed by atoms with E-state index in [9.17, 15) is 4.79 Å². The summed E-state index contributed by atoms with van der Waals surface area (Å²) in [7, 11) is 0. The summed E-state index contributed by atoms with van der Waals surface area (Å²) < 4.78 is 8.18. The van der Waals surface area contributed by atoms with Crippen LogP contribution in [0.25, 0.3) is 0 Å². The number of hydrogen-bond acceptors (Lipinski definition) is 3. The summed E-state index contributed by atoms with van der Waals surface area (Å²) in [6, 6.07) is 7.88. The lowest BCUT2D eigenvalue weighted by Gasteiger charge is -2.24. The Labute approximate surface area is 125 Å². The maximum Gasteiger partial charge on any atom is 0.188 e. The molecule has 1 unspecified atom stereocenters. The Bertz CT molecular complexity index is 651. The predicted molar refractivity (Wildman–Crippen MR) is 79.1 cm³/mol. The SMILES string of the molecule is CCn1ncc(Br)c1C(=O)C1COc2ccccc2C1. The first-order valence-corrected chi connectivity index (χ1v) is 7.46. The summed E-state index contributed by atoms with van der Waals surface area (Å²) in [5.74, 6) is 0.827. The number of para-hydroxylation sites is 1. The van der Waals surface area contributed by atoms with Gasteiger partial charge < -0.3 is 4.74 Å². The number of fused-ring (bicyclic) bond motifs is 1. The Morgan fingerprint density at radius 2 is 2.30 bits per heavy atom. The Hall–Kier alpha value is -1.62. The molecule has 104 valence electrons. The van der Waals surface area contributed by atoms with Gasteiger partial charge in [-0.25, -0.2) is 0 Å². The van der Waals surface area contributed by atoms with Gasteiger partial charge in [-0.1, -0.05) is 18.2 Å². The van der Waals surface area contributed by atoms with Gasteiger partial charge >= 0.3 is 0 Å². The van der Waals surface area contributed by atoms with Crippen molar-refractivity contribution < 1.29 is 9.53 Å². The molecule has 5 heteroatoms. The van der Waals surface area contributed by atoms with Crippen molar-refractivity contribution in [2.24, 2.45) is 5.92 Å². The van der Waals surface area contributed by atoms with Crippen molar-refractivity contribution in [1.29, 1.82) is 0 Å². The monoisotopic (exact) mass is 334 g/mol. The third kappa shape index (κ3) is 2.26. The molecule has 1 aromatic carbocycles. The van der Waals surface area contributed by atoms with Gasteiger partial charge in [0.05, 0.1) is 23.2 Å². The van der Waals surface area contributed by atoms with Crippen LogP contribution in [0.4, 0.5) is 0 Å². The molecule has 3 rings (SSSR count). The van der Waals surface area contributed by atoms with Gasteiger partial charge in [0, 0.05) is 6.54 Å². The average Bonchev–Trinajstić information content (AvgIpc) is 2.87. The van der Waals surface area contributed by atoms with Crippen LogP contribution in [0.5, 0.6) is 5.75 Å². The second-order valence-corrected chi connectivity index (χ2v) is 5.70. The van der Waals surface area contributed by atoms with Crippen LogP contribution in [0.3, 0.4) is 0 Å². The molecule has 0 bridgehead atoms. The molecule has 0 aliphatic carbocycles. The van der Waals surface area contributed by atoms with Crippen molar-refractivity contribution in [2.75, 3.05) is 6.61 Å². The van der Waals surface area contributed by atoms with Crippen molar-refractivity contribution in [1.82, 2.24) is 9.78 Å². The highest BCUT2D eigenvalue weighted by atomic mass is 79.9. The second kappa shape index (κ2) is 5.40. The van der Waals surface area contributed by atoms with Crippen molar-refractivity contribution in [2.45, 2.75) is 19.9 Å². The molecular formula is C15H15BrN2O2. The van der Waals surface area contributed by atoms with Crippen molar-refractivity contribution in [3.63, 3.8) is 0 Å². The highest BCUT2D eigenvalue weighted by molar-refractivity contribution is 9.10. The van der Waals surface area contributed by atoms with Crippen LogP contribution < -0.4 is 4.74 Å². The first-order chi connectivity index (χ1) is 9.70. The van der Waals surface area contributed by atoms with Crippen LogP contribution in [0.15, 0.2) is 34.9 Å². The largest absolute Gasteiger partial charge is 0.493 e. The van der Waals surface area contributed by atoms with Gasteiger partial charge in [-0.05, 0) is 40.9 Å². The minimum Gasteiger partial charge on any atom is -0.493 e. The lowest BCUT2D eigenvalue weighted by atomic mass is 9.92. The van der Waals surface area contributed by atoms with E-state index in [0.29, 0.717) is 18.8 Å². The van der Waals surface area contributed by atoms with E-state index in [1.165, 1.54) is 0 Å².